The number of hydrogen-bond donors (Lipinski definition) is 0. The molecule has 1 fully saturated rings. The first-order chi connectivity index (χ1) is 17.1. The van der Waals surface area contributed by atoms with Gasteiger partial charge in [-0.15, -0.1) is 0 Å². The van der Waals surface area contributed by atoms with Crippen LogP contribution >= 0.6 is 11.6 Å². The lowest BCUT2D eigenvalue weighted by Crippen LogP contribution is -2.54. The number of carbonyl (C=O) groups excluding carboxylic acids is 1. The number of methoxy groups -OCH3 is 1. The van der Waals surface area contributed by atoms with Gasteiger partial charge in [0.05, 0.1) is 37.1 Å². The van der Waals surface area contributed by atoms with Crippen molar-refractivity contribution >= 4 is 23.3 Å². The minimum absolute atomic E-state index is 0.0606. The summed E-state index contributed by atoms with van der Waals surface area (Å²) in [6.07, 6.45) is 3.92. The number of benzene rings is 3. The van der Waals surface area contributed by atoms with Crippen molar-refractivity contribution in [2.45, 2.75) is 12.7 Å². The Morgan fingerprint density at radius 2 is 1.60 bits per heavy atom. The van der Waals surface area contributed by atoms with Crippen molar-refractivity contribution in [3.8, 4) is 17.2 Å². The Hall–Kier alpha value is -3.90. The molecule has 0 amide bonds. The fourth-order valence-electron chi connectivity index (χ4n) is 4.08. The van der Waals surface area contributed by atoms with Gasteiger partial charge in [0.15, 0.2) is 0 Å². The summed E-state index contributed by atoms with van der Waals surface area (Å²) in [7, 11) is 1.40. The molecule has 4 aromatic rings. The van der Waals surface area contributed by atoms with E-state index in [4.69, 9.17) is 25.8 Å². The van der Waals surface area contributed by atoms with E-state index in [0.717, 1.165) is 41.5 Å². The SMILES string of the molecule is COC(=O)c1cccc(N2CC(Oc3ccc(COc4ccc(Cl)cc4)cc3)C2)c1-n1cccc1. The van der Waals surface area contributed by atoms with E-state index in [1.807, 2.05) is 89.8 Å². The number of carbonyl (C=O) groups is 1. The van der Waals surface area contributed by atoms with Crippen LogP contribution in [0.5, 0.6) is 11.5 Å². The summed E-state index contributed by atoms with van der Waals surface area (Å²) < 4.78 is 18.9. The summed E-state index contributed by atoms with van der Waals surface area (Å²) in [4.78, 5) is 14.6. The molecule has 7 heteroatoms. The predicted molar refractivity (Wildman–Crippen MR) is 136 cm³/mol. The van der Waals surface area contributed by atoms with E-state index in [1.54, 1.807) is 6.07 Å². The lowest BCUT2D eigenvalue weighted by Gasteiger charge is -2.41. The lowest BCUT2D eigenvalue weighted by atomic mass is 10.1. The molecule has 35 heavy (non-hydrogen) atoms. The van der Waals surface area contributed by atoms with Gasteiger partial charge in [0.2, 0.25) is 0 Å². The van der Waals surface area contributed by atoms with E-state index in [2.05, 4.69) is 4.90 Å². The Labute approximate surface area is 209 Å². The first-order valence-electron chi connectivity index (χ1n) is 11.3. The Balaban J connectivity index is 1.21. The molecule has 1 saturated heterocycles. The van der Waals surface area contributed by atoms with Crippen molar-refractivity contribution in [1.29, 1.82) is 0 Å². The minimum Gasteiger partial charge on any atom is -0.489 e. The first-order valence-corrected chi connectivity index (χ1v) is 11.7. The lowest BCUT2D eigenvalue weighted by molar-refractivity contribution is 0.0600. The van der Waals surface area contributed by atoms with Crippen LogP contribution in [0.15, 0.2) is 91.3 Å². The van der Waals surface area contributed by atoms with E-state index in [1.165, 1.54) is 7.11 Å². The van der Waals surface area contributed by atoms with Gasteiger partial charge in [-0.2, -0.15) is 0 Å². The third-order valence-electron chi connectivity index (χ3n) is 5.92. The molecular weight excluding hydrogens is 464 g/mol. The summed E-state index contributed by atoms with van der Waals surface area (Å²) in [5.74, 6) is 1.24. The quantitative estimate of drug-likeness (QED) is 0.295. The molecule has 5 rings (SSSR count). The van der Waals surface area contributed by atoms with Crippen molar-refractivity contribution < 1.29 is 19.0 Å². The second kappa shape index (κ2) is 10.2. The molecule has 0 N–H and O–H groups in total. The highest BCUT2D eigenvalue weighted by Crippen LogP contribution is 2.33. The Morgan fingerprint density at radius 3 is 2.29 bits per heavy atom. The summed E-state index contributed by atoms with van der Waals surface area (Å²) in [6, 6.07) is 24.8. The third kappa shape index (κ3) is 5.12. The van der Waals surface area contributed by atoms with Gasteiger partial charge in [0, 0.05) is 17.4 Å². The van der Waals surface area contributed by atoms with Crippen molar-refractivity contribution in [3.05, 3.63) is 107 Å². The van der Waals surface area contributed by atoms with E-state index < -0.39 is 0 Å². The van der Waals surface area contributed by atoms with Gasteiger partial charge < -0.3 is 23.7 Å². The number of anilines is 1. The van der Waals surface area contributed by atoms with Crippen molar-refractivity contribution in [3.63, 3.8) is 0 Å². The van der Waals surface area contributed by atoms with Crippen LogP contribution in [-0.4, -0.2) is 36.8 Å². The van der Waals surface area contributed by atoms with Crippen LogP contribution < -0.4 is 14.4 Å². The molecular formula is C28H25ClN2O4. The van der Waals surface area contributed by atoms with Gasteiger partial charge in [-0.1, -0.05) is 29.8 Å². The fourth-order valence-corrected chi connectivity index (χ4v) is 4.21. The van der Waals surface area contributed by atoms with Crippen LogP contribution in [-0.2, 0) is 11.3 Å². The molecule has 0 saturated carbocycles. The zero-order chi connectivity index (χ0) is 24.2. The van der Waals surface area contributed by atoms with Gasteiger partial charge in [-0.3, -0.25) is 0 Å². The zero-order valence-electron chi connectivity index (χ0n) is 19.3. The topological polar surface area (TPSA) is 52.9 Å². The van der Waals surface area contributed by atoms with E-state index in [9.17, 15) is 4.79 Å². The maximum Gasteiger partial charge on any atom is 0.340 e. The molecule has 0 unspecified atom stereocenters. The van der Waals surface area contributed by atoms with Crippen LogP contribution in [0.4, 0.5) is 5.69 Å². The van der Waals surface area contributed by atoms with Crippen LogP contribution in [0.25, 0.3) is 5.69 Å². The Morgan fingerprint density at radius 1 is 0.914 bits per heavy atom. The first kappa shape index (κ1) is 22.9. The second-order valence-corrected chi connectivity index (χ2v) is 8.72. The Kier molecular flexibility index (Phi) is 6.64. The minimum atomic E-state index is -0.357. The number of nitrogens with zero attached hydrogens (tertiary/aromatic N) is 2. The standard InChI is InChI=1S/C28H25ClN2O4/c1-33-28(32)25-5-4-6-26(27(25)30-15-2-3-16-30)31-17-24(18-31)35-23-11-7-20(8-12-23)19-34-22-13-9-21(29)10-14-22/h2-16,24H,17-19H2,1H3. The number of hydrogen-bond acceptors (Lipinski definition) is 5. The summed E-state index contributed by atoms with van der Waals surface area (Å²) in [6.45, 7) is 1.92. The van der Waals surface area contributed by atoms with Gasteiger partial charge in [-0.05, 0) is 66.2 Å². The van der Waals surface area contributed by atoms with E-state index in [-0.39, 0.29) is 12.1 Å². The number of rotatable bonds is 8. The largest absolute Gasteiger partial charge is 0.489 e. The molecule has 2 heterocycles. The summed E-state index contributed by atoms with van der Waals surface area (Å²) in [5, 5.41) is 0.686. The van der Waals surface area contributed by atoms with Gasteiger partial charge in [0.1, 0.15) is 24.2 Å². The van der Waals surface area contributed by atoms with Crippen LogP contribution in [0.3, 0.4) is 0 Å². The normalized spacial score (nSPS) is 13.3. The highest BCUT2D eigenvalue weighted by molar-refractivity contribution is 6.30. The second-order valence-electron chi connectivity index (χ2n) is 8.29. The third-order valence-corrected chi connectivity index (χ3v) is 6.17. The van der Waals surface area contributed by atoms with Crippen LogP contribution in [0.1, 0.15) is 15.9 Å². The highest BCUT2D eigenvalue weighted by atomic mass is 35.5. The molecule has 0 bridgehead atoms. The summed E-state index contributed by atoms with van der Waals surface area (Å²) >= 11 is 5.91. The van der Waals surface area contributed by atoms with Gasteiger partial charge in [-0.25, -0.2) is 4.79 Å². The molecule has 1 aliphatic rings. The number of halogens is 1. The smallest absolute Gasteiger partial charge is 0.340 e. The van der Waals surface area contributed by atoms with Gasteiger partial charge in [0.25, 0.3) is 0 Å². The van der Waals surface area contributed by atoms with Crippen molar-refractivity contribution in [2.75, 3.05) is 25.1 Å². The van der Waals surface area contributed by atoms with E-state index >= 15 is 0 Å². The zero-order valence-corrected chi connectivity index (χ0v) is 20.0. The number of para-hydroxylation sites is 1. The monoisotopic (exact) mass is 488 g/mol. The van der Waals surface area contributed by atoms with Crippen molar-refractivity contribution in [1.82, 2.24) is 4.57 Å². The maximum atomic E-state index is 12.4. The fraction of sp³-hybridized carbons (Fsp3) is 0.179. The molecule has 0 atom stereocenters. The molecule has 0 aliphatic carbocycles. The maximum absolute atomic E-state index is 12.4. The average Bonchev–Trinajstić information content (AvgIpc) is 3.40. The molecule has 6 nitrogen and oxygen atoms in total. The molecule has 3 aromatic carbocycles. The molecule has 0 radical (unpaired) electrons. The molecule has 0 spiro atoms. The molecule has 1 aliphatic heterocycles. The van der Waals surface area contributed by atoms with E-state index in [0.29, 0.717) is 17.2 Å². The number of esters is 1. The molecule has 178 valence electrons. The highest BCUT2D eigenvalue weighted by Gasteiger charge is 2.32. The summed E-state index contributed by atoms with van der Waals surface area (Å²) in [5.41, 5.74) is 3.37. The molecule has 1 aromatic heterocycles. The number of ether oxygens (including phenoxy) is 3. The average molecular weight is 489 g/mol. The number of aromatic nitrogens is 1. The van der Waals surface area contributed by atoms with Crippen LogP contribution in [0, 0.1) is 0 Å². The van der Waals surface area contributed by atoms with Crippen LogP contribution in [0.2, 0.25) is 5.02 Å². The van der Waals surface area contributed by atoms with Gasteiger partial charge >= 0.3 is 5.97 Å². The van der Waals surface area contributed by atoms with Crippen molar-refractivity contribution in [2.24, 2.45) is 0 Å². The predicted octanol–water partition coefficient (Wildman–Crippen LogP) is 5.76. The Bertz CT molecular complexity index is 1280.